The molecule has 2 amide bonds. The lowest BCUT2D eigenvalue weighted by Crippen LogP contribution is -2.38. The molecule has 6 nitrogen and oxygen atoms in total. The van der Waals surface area contributed by atoms with Gasteiger partial charge in [-0.05, 0) is 36.2 Å². The first kappa shape index (κ1) is 20.1. The number of carbonyl (C=O) groups is 2. The maximum atomic E-state index is 13.2. The summed E-state index contributed by atoms with van der Waals surface area (Å²) in [6, 6.07) is 8.79. The summed E-state index contributed by atoms with van der Waals surface area (Å²) in [6.07, 6.45) is -3.44. The van der Waals surface area contributed by atoms with Crippen molar-refractivity contribution in [3.05, 3.63) is 59.2 Å². The molecule has 0 aromatic heterocycles. The van der Waals surface area contributed by atoms with Gasteiger partial charge >= 0.3 is 6.18 Å². The second kappa shape index (κ2) is 7.89. The van der Waals surface area contributed by atoms with Gasteiger partial charge in [-0.1, -0.05) is 18.2 Å². The van der Waals surface area contributed by atoms with E-state index in [4.69, 9.17) is 9.47 Å². The largest absolute Gasteiger partial charge is 0.454 e. The molecule has 0 aliphatic carbocycles. The zero-order valence-corrected chi connectivity index (χ0v) is 15.9. The fourth-order valence-electron chi connectivity index (χ4n) is 3.63. The number of hydrogen-bond donors (Lipinski definition) is 1. The van der Waals surface area contributed by atoms with Crippen LogP contribution < -0.4 is 14.8 Å². The van der Waals surface area contributed by atoms with Crippen LogP contribution in [0.25, 0.3) is 0 Å². The Hall–Kier alpha value is -3.23. The zero-order chi connectivity index (χ0) is 21.3. The number of nitrogens with one attached hydrogen (secondary N) is 1. The van der Waals surface area contributed by atoms with E-state index in [2.05, 4.69) is 5.32 Å². The zero-order valence-electron chi connectivity index (χ0n) is 15.9. The van der Waals surface area contributed by atoms with Crippen molar-refractivity contribution in [2.45, 2.75) is 25.1 Å². The van der Waals surface area contributed by atoms with Crippen LogP contribution in [0.5, 0.6) is 11.5 Å². The number of fused-ring (bicyclic) bond motifs is 1. The summed E-state index contributed by atoms with van der Waals surface area (Å²) in [5.41, 5.74) is -0.332. The number of rotatable bonds is 5. The molecule has 158 valence electrons. The van der Waals surface area contributed by atoms with Crippen LogP contribution in [-0.4, -0.2) is 36.6 Å². The first-order valence-corrected chi connectivity index (χ1v) is 9.47. The highest BCUT2D eigenvalue weighted by Crippen LogP contribution is 2.36. The molecular weight excluding hydrogens is 401 g/mol. The van der Waals surface area contributed by atoms with Crippen LogP contribution in [0.2, 0.25) is 0 Å². The van der Waals surface area contributed by atoms with E-state index in [0.29, 0.717) is 25.1 Å². The fourth-order valence-corrected chi connectivity index (χ4v) is 3.63. The van der Waals surface area contributed by atoms with Crippen LogP contribution >= 0.6 is 0 Å². The van der Waals surface area contributed by atoms with Gasteiger partial charge in [0.05, 0.1) is 17.2 Å². The molecule has 1 N–H and O–H groups in total. The van der Waals surface area contributed by atoms with Crippen LogP contribution in [0.3, 0.4) is 0 Å². The second-order valence-corrected chi connectivity index (χ2v) is 7.13. The number of carbonyl (C=O) groups excluding carboxylic acids is 2. The van der Waals surface area contributed by atoms with Gasteiger partial charge in [-0.3, -0.25) is 9.59 Å². The normalized spacial score (nSPS) is 16.6. The van der Waals surface area contributed by atoms with Gasteiger partial charge in [-0.25, -0.2) is 0 Å². The van der Waals surface area contributed by atoms with Gasteiger partial charge in [0, 0.05) is 19.5 Å². The van der Waals surface area contributed by atoms with Crippen LogP contribution in [-0.2, 0) is 11.0 Å². The number of alkyl halides is 3. The number of hydrogen-bond acceptors (Lipinski definition) is 4. The lowest BCUT2D eigenvalue weighted by molar-refractivity contribution is -0.137. The molecule has 2 aliphatic rings. The van der Waals surface area contributed by atoms with Gasteiger partial charge in [0.15, 0.2) is 11.5 Å². The molecule has 4 rings (SSSR count). The van der Waals surface area contributed by atoms with E-state index in [1.54, 1.807) is 23.1 Å². The van der Waals surface area contributed by atoms with Crippen molar-refractivity contribution < 1.29 is 32.2 Å². The van der Waals surface area contributed by atoms with Crippen molar-refractivity contribution in [1.29, 1.82) is 0 Å². The van der Waals surface area contributed by atoms with Crippen molar-refractivity contribution in [3.63, 3.8) is 0 Å². The second-order valence-electron chi connectivity index (χ2n) is 7.13. The predicted octanol–water partition coefficient (Wildman–Crippen LogP) is 3.53. The maximum absolute atomic E-state index is 13.2. The Kier molecular flexibility index (Phi) is 5.27. The molecule has 30 heavy (non-hydrogen) atoms. The van der Waals surface area contributed by atoms with Crippen LogP contribution in [0.15, 0.2) is 42.5 Å². The molecule has 1 atom stereocenters. The Morgan fingerprint density at radius 2 is 1.97 bits per heavy atom. The smallest absolute Gasteiger partial charge is 0.416 e. The average molecular weight is 420 g/mol. The van der Waals surface area contributed by atoms with Crippen molar-refractivity contribution in [2.75, 3.05) is 19.9 Å². The Morgan fingerprint density at radius 1 is 1.17 bits per heavy atom. The summed E-state index contributed by atoms with van der Waals surface area (Å²) < 4.78 is 50.2. The third-order valence-corrected chi connectivity index (χ3v) is 5.14. The third-order valence-electron chi connectivity index (χ3n) is 5.14. The highest BCUT2D eigenvalue weighted by atomic mass is 19.4. The molecular formula is C21H19F3N2O4. The molecule has 0 saturated carbocycles. The topological polar surface area (TPSA) is 67.9 Å². The summed E-state index contributed by atoms with van der Waals surface area (Å²) in [4.78, 5) is 26.6. The monoisotopic (exact) mass is 420 g/mol. The summed E-state index contributed by atoms with van der Waals surface area (Å²) in [5, 5.41) is 2.77. The Morgan fingerprint density at radius 3 is 2.70 bits per heavy atom. The summed E-state index contributed by atoms with van der Waals surface area (Å²) in [5.74, 6) is 0.105. The molecule has 2 aromatic carbocycles. The predicted molar refractivity (Wildman–Crippen MR) is 100 cm³/mol. The van der Waals surface area contributed by atoms with Gasteiger partial charge in [-0.15, -0.1) is 0 Å². The SMILES string of the molecule is O=C(NC(CN1CCCC1=O)c1cccc(C(F)(F)F)c1)c1cccc2c1OCO2. The number of amides is 2. The number of halogens is 3. The van der Waals surface area contributed by atoms with E-state index in [1.807, 2.05) is 0 Å². The minimum Gasteiger partial charge on any atom is -0.454 e. The molecule has 0 bridgehead atoms. The van der Waals surface area contributed by atoms with Gasteiger partial charge in [0.25, 0.3) is 5.91 Å². The third kappa shape index (κ3) is 4.05. The fraction of sp³-hybridized carbons (Fsp3) is 0.333. The molecule has 1 saturated heterocycles. The minimum atomic E-state index is -4.51. The van der Waals surface area contributed by atoms with E-state index < -0.39 is 23.7 Å². The van der Waals surface area contributed by atoms with E-state index in [1.165, 1.54) is 12.1 Å². The van der Waals surface area contributed by atoms with Gasteiger partial charge in [0.1, 0.15) is 0 Å². The van der Waals surface area contributed by atoms with E-state index in [0.717, 1.165) is 12.1 Å². The van der Waals surface area contributed by atoms with Gasteiger partial charge < -0.3 is 19.7 Å². The van der Waals surface area contributed by atoms with E-state index in [9.17, 15) is 22.8 Å². The highest BCUT2D eigenvalue weighted by Gasteiger charge is 2.32. The first-order valence-electron chi connectivity index (χ1n) is 9.47. The number of likely N-dealkylation sites (tertiary alicyclic amines) is 1. The summed E-state index contributed by atoms with van der Waals surface area (Å²) in [7, 11) is 0. The first-order chi connectivity index (χ1) is 14.3. The van der Waals surface area contributed by atoms with Crippen molar-refractivity contribution in [1.82, 2.24) is 10.2 Å². The minimum absolute atomic E-state index is 0.0149. The van der Waals surface area contributed by atoms with Crippen LogP contribution in [0, 0.1) is 0 Å². The average Bonchev–Trinajstić information content (AvgIpc) is 3.35. The lowest BCUT2D eigenvalue weighted by atomic mass is 10.0. The maximum Gasteiger partial charge on any atom is 0.416 e. The number of para-hydroxylation sites is 1. The van der Waals surface area contributed by atoms with Crippen molar-refractivity contribution in [2.24, 2.45) is 0 Å². The molecule has 9 heteroatoms. The lowest BCUT2D eigenvalue weighted by Gasteiger charge is -2.26. The molecule has 0 radical (unpaired) electrons. The highest BCUT2D eigenvalue weighted by molar-refractivity contribution is 5.98. The molecule has 2 aromatic rings. The van der Waals surface area contributed by atoms with Gasteiger partial charge in [0.2, 0.25) is 12.7 Å². The number of benzene rings is 2. The number of ether oxygens (including phenoxy) is 2. The van der Waals surface area contributed by atoms with Crippen molar-refractivity contribution >= 4 is 11.8 Å². The molecule has 1 unspecified atom stereocenters. The molecule has 2 heterocycles. The standard InChI is InChI=1S/C21H19F3N2O4/c22-21(23,24)14-5-1-4-13(10-14)16(11-26-9-3-8-18(26)27)25-20(28)15-6-2-7-17-19(15)30-12-29-17/h1-2,4-7,10,16H,3,8-9,11-12H2,(H,25,28). The quantitative estimate of drug-likeness (QED) is 0.804. The number of nitrogens with zero attached hydrogens (tertiary/aromatic N) is 1. The van der Waals surface area contributed by atoms with Crippen LogP contribution in [0.4, 0.5) is 13.2 Å². The summed E-state index contributed by atoms with van der Waals surface area (Å²) in [6.45, 7) is 0.569. The molecule has 2 aliphatic heterocycles. The summed E-state index contributed by atoms with van der Waals surface area (Å²) >= 11 is 0. The van der Waals surface area contributed by atoms with E-state index in [-0.39, 0.29) is 36.1 Å². The van der Waals surface area contributed by atoms with Gasteiger partial charge in [-0.2, -0.15) is 13.2 Å². The van der Waals surface area contributed by atoms with Crippen molar-refractivity contribution in [3.8, 4) is 11.5 Å². The molecule has 1 fully saturated rings. The Balaban J connectivity index is 1.63. The van der Waals surface area contributed by atoms with E-state index >= 15 is 0 Å². The Bertz CT molecular complexity index is 977. The van der Waals surface area contributed by atoms with Crippen LogP contribution in [0.1, 0.15) is 40.4 Å². The molecule has 0 spiro atoms. The Labute approximate surface area is 170 Å².